The highest BCUT2D eigenvalue weighted by Gasteiger charge is 2.22. The van der Waals surface area contributed by atoms with E-state index in [1.54, 1.807) is 18.5 Å². The number of aromatic hydroxyl groups is 1. The Hall–Kier alpha value is -1.68. The standard InChI is InChI=1S/C11H11N3O/c15-8-1-2-10-9(3-8)11(14-6-13-10)7-4-12-5-7/h1-3,6-7,12,15H,4-5H2. The molecule has 0 amide bonds. The lowest BCUT2D eigenvalue weighted by Crippen LogP contribution is -2.40. The second-order valence-corrected chi connectivity index (χ2v) is 3.82. The molecule has 1 aliphatic heterocycles. The largest absolute Gasteiger partial charge is 0.508 e. The van der Waals surface area contributed by atoms with Gasteiger partial charge in [0.15, 0.2) is 0 Å². The number of hydrogen-bond donors (Lipinski definition) is 2. The van der Waals surface area contributed by atoms with Crippen LogP contribution in [0.1, 0.15) is 11.6 Å². The summed E-state index contributed by atoms with van der Waals surface area (Å²) in [7, 11) is 0. The van der Waals surface area contributed by atoms with E-state index in [2.05, 4.69) is 15.3 Å². The zero-order chi connectivity index (χ0) is 10.3. The number of aromatic nitrogens is 2. The number of nitrogens with zero attached hydrogens (tertiary/aromatic N) is 2. The lowest BCUT2D eigenvalue weighted by Gasteiger charge is -2.27. The summed E-state index contributed by atoms with van der Waals surface area (Å²) in [6, 6.07) is 5.21. The molecular formula is C11H11N3O. The molecule has 1 aromatic carbocycles. The molecule has 1 fully saturated rings. The van der Waals surface area contributed by atoms with Crippen LogP contribution < -0.4 is 5.32 Å². The molecule has 0 bridgehead atoms. The van der Waals surface area contributed by atoms with Gasteiger partial charge in [0.1, 0.15) is 12.1 Å². The van der Waals surface area contributed by atoms with E-state index in [1.807, 2.05) is 6.07 Å². The molecule has 3 rings (SSSR count). The molecule has 15 heavy (non-hydrogen) atoms. The molecule has 1 saturated heterocycles. The number of nitrogens with one attached hydrogen (secondary N) is 1. The van der Waals surface area contributed by atoms with Gasteiger partial charge >= 0.3 is 0 Å². The lowest BCUT2D eigenvalue weighted by atomic mass is 9.95. The van der Waals surface area contributed by atoms with Crippen LogP contribution in [0.25, 0.3) is 10.9 Å². The summed E-state index contributed by atoms with van der Waals surface area (Å²) >= 11 is 0. The number of phenolic OH excluding ortho intramolecular Hbond substituents is 1. The van der Waals surface area contributed by atoms with Crippen LogP contribution in [0.5, 0.6) is 5.75 Å². The van der Waals surface area contributed by atoms with Gasteiger partial charge in [-0.3, -0.25) is 0 Å². The van der Waals surface area contributed by atoms with Crippen molar-refractivity contribution in [1.29, 1.82) is 0 Å². The average molecular weight is 201 g/mol. The van der Waals surface area contributed by atoms with Crippen molar-refractivity contribution in [3.05, 3.63) is 30.2 Å². The third-order valence-electron chi connectivity index (χ3n) is 2.82. The van der Waals surface area contributed by atoms with Crippen molar-refractivity contribution < 1.29 is 5.11 Å². The molecule has 1 aliphatic rings. The Morgan fingerprint density at radius 1 is 1.27 bits per heavy atom. The number of hydrogen-bond acceptors (Lipinski definition) is 4. The molecule has 1 aromatic heterocycles. The second kappa shape index (κ2) is 3.17. The van der Waals surface area contributed by atoms with Crippen LogP contribution in [0.15, 0.2) is 24.5 Å². The first-order chi connectivity index (χ1) is 7.34. The van der Waals surface area contributed by atoms with Crippen molar-refractivity contribution in [2.45, 2.75) is 5.92 Å². The molecule has 4 nitrogen and oxygen atoms in total. The van der Waals surface area contributed by atoms with E-state index in [-0.39, 0.29) is 5.75 Å². The quantitative estimate of drug-likeness (QED) is 0.723. The van der Waals surface area contributed by atoms with Gasteiger partial charge in [0.2, 0.25) is 0 Å². The summed E-state index contributed by atoms with van der Waals surface area (Å²) in [6.45, 7) is 1.92. The molecule has 2 N–H and O–H groups in total. The monoisotopic (exact) mass is 201 g/mol. The van der Waals surface area contributed by atoms with Gasteiger partial charge in [-0.15, -0.1) is 0 Å². The highest BCUT2D eigenvalue weighted by molar-refractivity contribution is 5.82. The zero-order valence-corrected chi connectivity index (χ0v) is 8.14. The van der Waals surface area contributed by atoms with E-state index in [0.29, 0.717) is 5.92 Å². The first-order valence-corrected chi connectivity index (χ1v) is 4.99. The molecule has 0 radical (unpaired) electrons. The van der Waals surface area contributed by atoms with Crippen LogP contribution >= 0.6 is 0 Å². The first-order valence-electron chi connectivity index (χ1n) is 4.99. The Morgan fingerprint density at radius 2 is 2.13 bits per heavy atom. The molecule has 76 valence electrons. The van der Waals surface area contributed by atoms with Gasteiger partial charge in [-0.05, 0) is 18.2 Å². The Kier molecular flexibility index (Phi) is 1.82. The molecule has 2 aromatic rings. The minimum absolute atomic E-state index is 0.269. The van der Waals surface area contributed by atoms with Crippen molar-refractivity contribution in [2.24, 2.45) is 0 Å². The van der Waals surface area contributed by atoms with E-state index < -0.39 is 0 Å². The summed E-state index contributed by atoms with van der Waals surface area (Å²) in [6.07, 6.45) is 1.59. The molecule has 0 spiro atoms. The van der Waals surface area contributed by atoms with Crippen LogP contribution in [-0.4, -0.2) is 28.2 Å². The minimum atomic E-state index is 0.269. The Morgan fingerprint density at radius 3 is 2.87 bits per heavy atom. The maximum Gasteiger partial charge on any atom is 0.116 e. The predicted octanol–water partition coefficient (Wildman–Crippen LogP) is 1.02. The fourth-order valence-corrected chi connectivity index (χ4v) is 1.87. The van der Waals surface area contributed by atoms with E-state index in [0.717, 1.165) is 29.7 Å². The zero-order valence-electron chi connectivity index (χ0n) is 8.14. The number of benzene rings is 1. The predicted molar refractivity (Wildman–Crippen MR) is 56.8 cm³/mol. The Bertz CT molecular complexity index is 508. The average Bonchev–Trinajstić information content (AvgIpc) is 2.16. The van der Waals surface area contributed by atoms with E-state index in [9.17, 15) is 5.11 Å². The van der Waals surface area contributed by atoms with Crippen LogP contribution in [0.2, 0.25) is 0 Å². The third kappa shape index (κ3) is 1.34. The van der Waals surface area contributed by atoms with Crippen molar-refractivity contribution in [3.8, 4) is 5.75 Å². The lowest BCUT2D eigenvalue weighted by molar-refractivity contribution is 0.442. The van der Waals surface area contributed by atoms with Crippen molar-refractivity contribution in [3.63, 3.8) is 0 Å². The molecule has 0 aliphatic carbocycles. The molecule has 0 saturated carbocycles. The Labute approximate surface area is 87.0 Å². The van der Waals surface area contributed by atoms with Gasteiger partial charge in [0.05, 0.1) is 11.2 Å². The number of rotatable bonds is 1. The summed E-state index contributed by atoms with van der Waals surface area (Å²) in [4.78, 5) is 8.49. The third-order valence-corrected chi connectivity index (χ3v) is 2.82. The van der Waals surface area contributed by atoms with Gasteiger partial charge in [-0.25, -0.2) is 9.97 Å². The fourth-order valence-electron chi connectivity index (χ4n) is 1.87. The van der Waals surface area contributed by atoms with Gasteiger partial charge in [0.25, 0.3) is 0 Å². The van der Waals surface area contributed by atoms with Gasteiger partial charge < -0.3 is 10.4 Å². The van der Waals surface area contributed by atoms with Crippen molar-refractivity contribution in [1.82, 2.24) is 15.3 Å². The van der Waals surface area contributed by atoms with Crippen molar-refractivity contribution >= 4 is 10.9 Å². The molecule has 2 heterocycles. The smallest absolute Gasteiger partial charge is 0.116 e. The number of phenols is 1. The minimum Gasteiger partial charge on any atom is -0.508 e. The highest BCUT2D eigenvalue weighted by atomic mass is 16.3. The highest BCUT2D eigenvalue weighted by Crippen LogP contribution is 2.27. The summed E-state index contributed by atoms with van der Waals surface area (Å²) < 4.78 is 0. The summed E-state index contributed by atoms with van der Waals surface area (Å²) in [5, 5.41) is 13.6. The van der Waals surface area contributed by atoms with Crippen molar-refractivity contribution in [2.75, 3.05) is 13.1 Å². The SMILES string of the molecule is Oc1ccc2ncnc(C3CNC3)c2c1. The van der Waals surface area contributed by atoms with Gasteiger partial charge in [-0.2, -0.15) is 0 Å². The van der Waals surface area contributed by atoms with E-state index >= 15 is 0 Å². The van der Waals surface area contributed by atoms with Crippen LogP contribution in [0.3, 0.4) is 0 Å². The summed E-state index contributed by atoms with van der Waals surface area (Å²) in [5.41, 5.74) is 1.93. The molecule has 4 heteroatoms. The van der Waals surface area contributed by atoms with Crippen LogP contribution in [-0.2, 0) is 0 Å². The van der Waals surface area contributed by atoms with Crippen LogP contribution in [0, 0.1) is 0 Å². The van der Waals surface area contributed by atoms with Gasteiger partial charge in [-0.1, -0.05) is 0 Å². The maximum atomic E-state index is 9.46. The molecular weight excluding hydrogens is 190 g/mol. The fraction of sp³-hybridized carbons (Fsp3) is 0.273. The van der Waals surface area contributed by atoms with E-state index in [4.69, 9.17) is 0 Å². The number of fused-ring (bicyclic) bond motifs is 1. The van der Waals surface area contributed by atoms with E-state index in [1.165, 1.54) is 0 Å². The normalized spacial score (nSPS) is 16.5. The molecule has 0 atom stereocenters. The van der Waals surface area contributed by atoms with Crippen LogP contribution in [0.4, 0.5) is 0 Å². The second-order valence-electron chi connectivity index (χ2n) is 3.82. The topological polar surface area (TPSA) is 58.0 Å². The Balaban J connectivity index is 2.23. The first kappa shape index (κ1) is 8.61. The summed E-state index contributed by atoms with van der Waals surface area (Å²) in [5.74, 6) is 0.725. The molecule has 0 unspecified atom stereocenters. The maximum absolute atomic E-state index is 9.46. The van der Waals surface area contributed by atoms with Gasteiger partial charge in [0, 0.05) is 24.4 Å².